The van der Waals surface area contributed by atoms with Crippen LogP contribution in [-0.2, 0) is 6.54 Å². The predicted octanol–water partition coefficient (Wildman–Crippen LogP) is 4.56. The van der Waals surface area contributed by atoms with Gasteiger partial charge in [0, 0.05) is 41.9 Å². The van der Waals surface area contributed by atoms with Gasteiger partial charge in [0.05, 0.1) is 0 Å². The third kappa shape index (κ3) is 3.99. The van der Waals surface area contributed by atoms with Crippen LogP contribution in [0.3, 0.4) is 0 Å². The molecule has 0 saturated carbocycles. The molecule has 4 heteroatoms. The Morgan fingerprint density at radius 3 is 2.41 bits per heavy atom. The van der Waals surface area contributed by atoms with Crippen molar-refractivity contribution in [2.24, 2.45) is 0 Å². The number of hydrogen-bond acceptors (Lipinski definition) is 2. The van der Waals surface area contributed by atoms with Gasteiger partial charge in [0.15, 0.2) is 0 Å². The Labute approximate surface area is 135 Å². The average molecular weight is 319 g/mol. The first-order valence-electron chi connectivity index (χ1n) is 7.68. The van der Waals surface area contributed by atoms with Gasteiger partial charge >= 0.3 is 0 Å². The maximum Gasteiger partial charge on any atom is 0.127 e. The van der Waals surface area contributed by atoms with Crippen LogP contribution in [0, 0.1) is 5.82 Å². The van der Waals surface area contributed by atoms with Gasteiger partial charge < -0.3 is 5.32 Å². The Morgan fingerprint density at radius 2 is 1.73 bits per heavy atom. The molecule has 22 heavy (non-hydrogen) atoms. The molecule has 116 valence electrons. The van der Waals surface area contributed by atoms with Crippen LogP contribution in [0.25, 0.3) is 0 Å². The van der Waals surface area contributed by atoms with Crippen LogP contribution >= 0.6 is 11.6 Å². The zero-order valence-electron chi connectivity index (χ0n) is 12.4. The molecule has 0 bridgehead atoms. The number of hydrogen-bond donors (Lipinski definition) is 1. The highest BCUT2D eigenvalue weighted by molar-refractivity contribution is 6.30. The van der Waals surface area contributed by atoms with Gasteiger partial charge in [0.25, 0.3) is 0 Å². The number of halogens is 2. The second kappa shape index (κ2) is 7.12. The van der Waals surface area contributed by atoms with Crippen molar-refractivity contribution in [3.63, 3.8) is 0 Å². The Kier molecular flexibility index (Phi) is 4.96. The van der Waals surface area contributed by atoms with Crippen LogP contribution in [0.4, 0.5) is 10.1 Å². The number of likely N-dealkylation sites (tertiary alicyclic amines) is 1. The van der Waals surface area contributed by atoms with Crippen molar-refractivity contribution in [2.75, 3.05) is 18.4 Å². The summed E-state index contributed by atoms with van der Waals surface area (Å²) in [4.78, 5) is 2.32. The normalized spacial score (nSPS) is 16.6. The number of benzene rings is 2. The monoisotopic (exact) mass is 318 g/mol. The topological polar surface area (TPSA) is 15.3 Å². The van der Waals surface area contributed by atoms with Gasteiger partial charge in [-0.1, -0.05) is 29.8 Å². The maximum atomic E-state index is 13.7. The molecule has 0 amide bonds. The van der Waals surface area contributed by atoms with E-state index in [1.54, 1.807) is 6.07 Å². The molecular formula is C18H20ClFN2. The number of rotatable bonds is 4. The SMILES string of the molecule is Fc1ccccc1CN1CCC(Nc2ccc(Cl)cc2)CC1. The highest BCUT2D eigenvalue weighted by Crippen LogP contribution is 2.20. The molecule has 1 N–H and O–H groups in total. The van der Waals surface area contributed by atoms with Crippen LogP contribution in [0.1, 0.15) is 18.4 Å². The number of piperidine rings is 1. The lowest BCUT2D eigenvalue weighted by Crippen LogP contribution is -2.38. The van der Waals surface area contributed by atoms with Crippen molar-refractivity contribution >= 4 is 17.3 Å². The van der Waals surface area contributed by atoms with Crippen LogP contribution in [0.2, 0.25) is 5.02 Å². The lowest BCUT2D eigenvalue weighted by Gasteiger charge is -2.33. The fraction of sp³-hybridized carbons (Fsp3) is 0.333. The van der Waals surface area contributed by atoms with E-state index < -0.39 is 0 Å². The van der Waals surface area contributed by atoms with Crippen molar-refractivity contribution in [1.82, 2.24) is 4.90 Å². The van der Waals surface area contributed by atoms with E-state index in [0.717, 1.165) is 42.2 Å². The fourth-order valence-electron chi connectivity index (χ4n) is 2.88. The predicted molar refractivity (Wildman–Crippen MR) is 89.8 cm³/mol. The van der Waals surface area contributed by atoms with Crippen LogP contribution in [0.5, 0.6) is 0 Å². The first-order chi connectivity index (χ1) is 10.7. The lowest BCUT2D eigenvalue weighted by molar-refractivity contribution is 0.209. The largest absolute Gasteiger partial charge is 0.382 e. The molecule has 0 aliphatic carbocycles. The first-order valence-corrected chi connectivity index (χ1v) is 8.06. The van der Waals surface area contributed by atoms with Crippen molar-refractivity contribution < 1.29 is 4.39 Å². The summed E-state index contributed by atoms with van der Waals surface area (Å²) in [7, 11) is 0. The van der Waals surface area contributed by atoms with Crippen LogP contribution in [-0.4, -0.2) is 24.0 Å². The molecule has 0 radical (unpaired) electrons. The molecule has 1 aliphatic heterocycles. The van der Waals surface area contributed by atoms with E-state index in [1.807, 2.05) is 36.4 Å². The first kappa shape index (κ1) is 15.3. The third-order valence-corrected chi connectivity index (χ3v) is 4.41. The molecule has 1 aliphatic rings. The number of nitrogens with zero attached hydrogens (tertiary/aromatic N) is 1. The van der Waals surface area contributed by atoms with E-state index in [9.17, 15) is 4.39 Å². The Hall–Kier alpha value is -1.58. The van der Waals surface area contributed by atoms with Gasteiger partial charge in [-0.3, -0.25) is 4.90 Å². The van der Waals surface area contributed by atoms with Crippen molar-refractivity contribution in [3.8, 4) is 0 Å². The van der Waals surface area contributed by atoms with E-state index in [2.05, 4.69) is 10.2 Å². The lowest BCUT2D eigenvalue weighted by atomic mass is 10.0. The zero-order valence-corrected chi connectivity index (χ0v) is 13.2. The van der Waals surface area contributed by atoms with Crippen LogP contribution < -0.4 is 5.32 Å². The molecule has 0 unspecified atom stereocenters. The minimum Gasteiger partial charge on any atom is -0.382 e. The highest BCUT2D eigenvalue weighted by Gasteiger charge is 2.19. The molecule has 3 rings (SSSR count). The van der Waals surface area contributed by atoms with Gasteiger partial charge in [0.2, 0.25) is 0 Å². The minimum atomic E-state index is -0.107. The molecule has 2 aromatic rings. The highest BCUT2D eigenvalue weighted by atomic mass is 35.5. The minimum absolute atomic E-state index is 0.107. The summed E-state index contributed by atoms with van der Waals surface area (Å²) in [5.74, 6) is -0.107. The standard InChI is InChI=1S/C18H20ClFN2/c19-15-5-7-16(8-6-15)21-17-9-11-22(12-10-17)13-14-3-1-2-4-18(14)20/h1-8,17,21H,9-13H2. The molecule has 1 heterocycles. The van der Waals surface area contributed by atoms with E-state index in [-0.39, 0.29) is 5.82 Å². The summed E-state index contributed by atoms with van der Waals surface area (Å²) in [5, 5.41) is 4.30. The van der Waals surface area contributed by atoms with Gasteiger partial charge in [-0.25, -0.2) is 4.39 Å². The molecule has 0 atom stereocenters. The quantitative estimate of drug-likeness (QED) is 0.889. The Bertz CT molecular complexity index is 607. The molecule has 2 aromatic carbocycles. The third-order valence-electron chi connectivity index (χ3n) is 4.15. The van der Waals surface area contributed by atoms with Crippen molar-refractivity contribution in [1.29, 1.82) is 0 Å². The molecule has 0 aromatic heterocycles. The number of nitrogens with one attached hydrogen (secondary N) is 1. The van der Waals surface area contributed by atoms with Gasteiger partial charge in [-0.2, -0.15) is 0 Å². The molecular weight excluding hydrogens is 299 g/mol. The van der Waals surface area contributed by atoms with E-state index in [4.69, 9.17) is 11.6 Å². The summed E-state index contributed by atoms with van der Waals surface area (Å²) in [6.07, 6.45) is 2.13. The summed E-state index contributed by atoms with van der Waals surface area (Å²) in [6.45, 7) is 2.67. The van der Waals surface area contributed by atoms with Gasteiger partial charge in [-0.05, 0) is 43.2 Å². The molecule has 1 saturated heterocycles. The second-order valence-corrected chi connectivity index (χ2v) is 6.23. The van der Waals surface area contributed by atoms with E-state index >= 15 is 0 Å². The summed E-state index contributed by atoms with van der Waals surface area (Å²) in [5.41, 5.74) is 1.89. The van der Waals surface area contributed by atoms with E-state index in [1.165, 1.54) is 6.07 Å². The molecule has 0 spiro atoms. The maximum absolute atomic E-state index is 13.7. The number of anilines is 1. The second-order valence-electron chi connectivity index (χ2n) is 5.79. The van der Waals surface area contributed by atoms with Crippen molar-refractivity contribution in [3.05, 3.63) is 64.9 Å². The summed E-state index contributed by atoms with van der Waals surface area (Å²) in [6, 6.07) is 15.3. The van der Waals surface area contributed by atoms with Crippen LogP contribution in [0.15, 0.2) is 48.5 Å². The van der Waals surface area contributed by atoms with Gasteiger partial charge in [0.1, 0.15) is 5.82 Å². The zero-order chi connectivity index (χ0) is 15.4. The van der Waals surface area contributed by atoms with Gasteiger partial charge in [-0.15, -0.1) is 0 Å². The molecule has 1 fully saturated rings. The molecule has 2 nitrogen and oxygen atoms in total. The van der Waals surface area contributed by atoms with E-state index in [0.29, 0.717) is 12.6 Å². The average Bonchev–Trinajstić information content (AvgIpc) is 2.54. The summed E-state index contributed by atoms with van der Waals surface area (Å²) < 4.78 is 13.7. The Morgan fingerprint density at radius 1 is 1.05 bits per heavy atom. The smallest absolute Gasteiger partial charge is 0.127 e. The Balaban J connectivity index is 1.50. The fourth-order valence-corrected chi connectivity index (χ4v) is 3.01. The summed E-state index contributed by atoms with van der Waals surface area (Å²) >= 11 is 5.90. The van der Waals surface area contributed by atoms with Crippen molar-refractivity contribution in [2.45, 2.75) is 25.4 Å².